The van der Waals surface area contributed by atoms with Crippen molar-refractivity contribution in [3.8, 4) is 17.1 Å². The van der Waals surface area contributed by atoms with Gasteiger partial charge < -0.3 is 20.3 Å². The molecule has 2 aromatic rings. The van der Waals surface area contributed by atoms with Crippen LogP contribution in [-0.4, -0.2) is 29.2 Å². The lowest BCUT2D eigenvalue weighted by molar-refractivity contribution is -0.122. The molecule has 112 valence electrons. The molecule has 1 aromatic heterocycles. The average Bonchev–Trinajstić information content (AvgIpc) is 2.97. The monoisotopic (exact) mass is 290 g/mol. The van der Waals surface area contributed by atoms with Crippen LogP contribution in [0, 0.1) is 0 Å². The first-order valence-corrected chi connectivity index (χ1v) is 6.55. The van der Waals surface area contributed by atoms with Gasteiger partial charge in [0, 0.05) is 5.56 Å². The van der Waals surface area contributed by atoms with Gasteiger partial charge in [-0.05, 0) is 26.0 Å². The van der Waals surface area contributed by atoms with Crippen LogP contribution in [0.2, 0.25) is 0 Å². The first kappa shape index (κ1) is 15.0. The molecule has 1 amide bonds. The van der Waals surface area contributed by atoms with Crippen LogP contribution < -0.4 is 15.8 Å². The van der Waals surface area contributed by atoms with Crippen molar-refractivity contribution in [3.05, 3.63) is 30.2 Å². The van der Waals surface area contributed by atoms with Gasteiger partial charge in [0.1, 0.15) is 11.8 Å². The number of carbonyl (C=O) groups is 1. The fourth-order valence-corrected chi connectivity index (χ4v) is 1.70. The summed E-state index contributed by atoms with van der Waals surface area (Å²) in [4.78, 5) is 15.8. The fourth-order valence-electron chi connectivity index (χ4n) is 1.70. The van der Waals surface area contributed by atoms with Crippen molar-refractivity contribution in [1.29, 1.82) is 0 Å². The smallest absolute Gasteiger partial charge is 0.249 e. The predicted molar refractivity (Wildman–Crippen MR) is 76.5 cm³/mol. The van der Waals surface area contributed by atoms with Crippen molar-refractivity contribution < 1.29 is 14.1 Å². The van der Waals surface area contributed by atoms with E-state index in [4.69, 9.17) is 15.0 Å². The number of carbonyl (C=O) groups excluding carboxylic acids is 1. The Morgan fingerprint density at radius 1 is 1.43 bits per heavy atom. The average molecular weight is 290 g/mol. The summed E-state index contributed by atoms with van der Waals surface area (Å²) >= 11 is 0. The quantitative estimate of drug-likeness (QED) is 0.859. The summed E-state index contributed by atoms with van der Waals surface area (Å²) in [5, 5.41) is 6.61. The summed E-state index contributed by atoms with van der Waals surface area (Å²) in [6, 6.07) is 6.33. The molecule has 7 heteroatoms. The van der Waals surface area contributed by atoms with Gasteiger partial charge in [0.15, 0.2) is 0 Å². The minimum absolute atomic E-state index is 0.274. The molecule has 2 atom stereocenters. The van der Waals surface area contributed by atoms with Crippen LogP contribution in [0.25, 0.3) is 11.4 Å². The molecule has 0 radical (unpaired) electrons. The van der Waals surface area contributed by atoms with E-state index in [9.17, 15) is 4.79 Å². The molecule has 1 heterocycles. The molecule has 0 saturated carbocycles. The van der Waals surface area contributed by atoms with Crippen LogP contribution in [0.4, 0.5) is 0 Å². The molecule has 0 spiro atoms. The summed E-state index contributed by atoms with van der Waals surface area (Å²) in [5.74, 6) is 1.19. The van der Waals surface area contributed by atoms with Gasteiger partial charge in [0.2, 0.25) is 17.6 Å². The maximum Gasteiger partial charge on any atom is 0.249 e. The van der Waals surface area contributed by atoms with Gasteiger partial charge >= 0.3 is 0 Å². The number of aromatic nitrogens is 2. The molecule has 0 saturated heterocycles. The van der Waals surface area contributed by atoms with Gasteiger partial charge in [-0.3, -0.25) is 4.79 Å². The van der Waals surface area contributed by atoms with Crippen molar-refractivity contribution in [2.75, 3.05) is 7.11 Å². The second kappa shape index (κ2) is 6.36. The normalized spacial score (nSPS) is 13.5. The SMILES string of the molecule is COc1cccc(-c2noc(C(C)NC(=O)[C@@H](C)N)n2)c1. The molecular formula is C14H18N4O3. The van der Waals surface area contributed by atoms with E-state index in [0.717, 1.165) is 5.56 Å². The van der Waals surface area contributed by atoms with Crippen molar-refractivity contribution >= 4 is 5.91 Å². The van der Waals surface area contributed by atoms with Crippen LogP contribution in [0.1, 0.15) is 25.8 Å². The maximum atomic E-state index is 11.5. The molecule has 0 aliphatic heterocycles. The van der Waals surface area contributed by atoms with Gasteiger partial charge in [-0.2, -0.15) is 4.98 Å². The largest absolute Gasteiger partial charge is 0.497 e. The molecule has 0 aliphatic carbocycles. The van der Waals surface area contributed by atoms with E-state index in [0.29, 0.717) is 17.5 Å². The number of amides is 1. The number of methoxy groups -OCH3 is 1. The van der Waals surface area contributed by atoms with Crippen LogP contribution in [0.15, 0.2) is 28.8 Å². The zero-order valence-electron chi connectivity index (χ0n) is 12.2. The Hall–Kier alpha value is -2.41. The van der Waals surface area contributed by atoms with Crippen LogP contribution in [0.3, 0.4) is 0 Å². The topological polar surface area (TPSA) is 103 Å². The molecule has 2 rings (SSSR count). The van der Waals surface area contributed by atoms with Gasteiger partial charge in [-0.25, -0.2) is 0 Å². The lowest BCUT2D eigenvalue weighted by Crippen LogP contribution is -2.39. The van der Waals surface area contributed by atoms with E-state index in [1.807, 2.05) is 18.2 Å². The van der Waals surface area contributed by atoms with E-state index < -0.39 is 12.1 Å². The zero-order chi connectivity index (χ0) is 15.4. The number of rotatable bonds is 5. The third-order valence-electron chi connectivity index (χ3n) is 2.91. The van der Waals surface area contributed by atoms with Crippen LogP contribution >= 0.6 is 0 Å². The summed E-state index contributed by atoms with van der Waals surface area (Å²) in [7, 11) is 1.59. The van der Waals surface area contributed by atoms with E-state index in [1.165, 1.54) is 0 Å². The first-order chi connectivity index (χ1) is 10.0. The number of nitrogens with one attached hydrogen (secondary N) is 1. The number of nitrogens with zero attached hydrogens (tertiary/aromatic N) is 2. The summed E-state index contributed by atoms with van der Waals surface area (Å²) in [6.07, 6.45) is 0. The fraction of sp³-hybridized carbons (Fsp3) is 0.357. The highest BCUT2D eigenvalue weighted by Gasteiger charge is 2.18. The number of ether oxygens (including phenoxy) is 1. The Kier molecular flexibility index (Phi) is 4.54. The Balaban J connectivity index is 2.15. The summed E-state index contributed by atoms with van der Waals surface area (Å²) in [5.41, 5.74) is 6.27. The molecule has 1 aromatic carbocycles. The van der Waals surface area contributed by atoms with Gasteiger partial charge in [0.05, 0.1) is 13.2 Å². The van der Waals surface area contributed by atoms with Crippen LogP contribution in [0.5, 0.6) is 5.75 Å². The molecule has 0 aliphatic rings. The molecule has 0 fully saturated rings. The Bertz CT molecular complexity index is 624. The molecular weight excluding hydrogens is 272 g/mol. The van der Waals surface area contributed by atoms with E-state index in [-0.39, 0.29) is 5.91 Å². The van der Waals surface area contributed by atoms with E-state index in [1.54, 1.807) is 27.0 Å². The Labute approximate surface area is 122 Å². The second-order valence-electron chi connectivity index (χ2n) is 4.71. The lowest BCUT2D eigenvalue weighted by atomic mass is 10.2. The second-order valence-corrected chi connectivity index (χ2v) is 4.71. The highest BCUT2D eigenvalue weighted by Crippen LogP contribution is 2.22. The lowest BCUT2D eigenvalue weighted by Gasteiger charge is -2.11. The van der Waals surface area contributed by atoms with Crippen molar-refractivity contribution in [2.45, 2.75) is 25.9 Å². The third kappa shape index (κ3) is 3.57. The highest BCUT2D eigenvalue weighted by molar-refractivity contribution is 5.81. The molecule has 7 nitrogen and oxygen atoms in total. The van der Waals surface area contributed by atoms with Crippen LogP contribution in [-0.2, 0) is 4.79 Å². The van der Waals surface area contributed by atoms with Gasteiger partial charge in [-0.15, -0.1) is 0 Å². The third-order valence-corrected chi connectivity index (χ3v) is 2.91. The van der Waals surface area contributed by atoms with Gasteiger partial charge in [0.25, 0.3) is 0 Å². The van der Waals surface area contributed by atoms with Crippen molar-refractivity contribution in [3.63, 3.8) is 0 Å². The van der Waals surface area contributed by atoms with Crippen molar-refractivity contribution in [1.82, 2.24) is 15.5 Å². The highest BCUT2D eigenvalue weighted by atomic mass is 16.5. The van der Waals surface area contributed by atoms with Gasteiger partial charge in [-0.1, -0.05) is 17.3 Å². The minimum atomic E-state index is -0.590. The summed E-state index contributed by atoms with van der Waals surface area (Å²) in [6.45, 7) is 3.36. The molecule has 21 heavy (non-hydrogen) atoms. The Morgan fingerprint density at radius 2 is 2.19 bits per heavy atom. The Morgan fingerprint density at radius 3 is 2.86 bits per heavy atom. The minimum Gasteiger partial charge on any atom is -0.497 e. The zero-order valence-corrected chi connectivity index (χ0v) is 12.2. The number of hydrogen-bond donors (Lipinski definition) is 2. The number of nitrogens with two attached hydrogens (primary N) is 1. The maximum absolute atomic E-state index is 11.5. The molecule has 1 unspecified atom stereocenters. The molecule has 0 bridgehead atoms. The van der Waals surface area contributed by atoms with Crippen molar-refractivity contribution in [2.24, 2.45) is 5.73 Å². The summed E-state index contributed by atoms with van der Waals surface area (Å²) < 4.78 is 10.3. The number of benzene rings is 1. The standard InChI is InChI=1S/C14H18N4O3/c1-8(15)13(19)16-9(2)14-17-12(18-21-14)10-5-4-6-11(7-10)20-3/h4-9H,15H2,1-3H3,(H,16,19)/t8-,9?/m1/s1. The molecule has 3 N–H and O–H groups in total. The predicted octanol–water partition coefficient (Wildman–Crippen LogP) is 1.27. The van der Waals surface area contributed by atoms with E-state index >= 15 is 0 Å². The van der Waals surface area contributed by atoms with E-state index in [2.05, 4.69) is 15.5 Å². The first-order valence-electron chi connectivity index (χ1n) is 6.55. The number of hydrogen-bond acceptors (Lipinski definition) is 6.